The zero-order valence-corrected chi connectivity index (χ0v) is 11.1. The molecule has 0 bridgehead atoms. The predicted molar refractivity (Wildman–Crippen MR) is 72.2 cm³/mol. The molecule has 2 aromatic heterocycles. The third kappa shape index (κ3) is 2.69. The van der Waals surface area contributed by atoms with Crippen molar-refractivity contribution >= 4 is 17.2 Å². The smallest absolute Gasteiger partial charge is 0.254 e. The Labute approximate surface area is 114 Å². The molecule has 2 aromatic rings. The number of aromatic nitrogens is 2. The normalized spacial score (nSPS) is 16.3. The van der Waals surface area contributed by atoms with Gasteiger partial charge in [-0.15, -0.1) is 0 Å². The molecule has 2 heterocycles. The molecule has 1 unspecified atom stereocenters. The van der Waals surface area contributed by atoms with Crippen molar-refractivity contribution in [3.8, 4) is 0 Å². The number of thiophene rings is 1. The monoisotopic (exact) mass is 277 g/mol. The molecule has 0 aromatic carbocycles. The highest BCUT2D eigenvalue weighted by Crippen LogP contribution is 2.40. The molecule has 1 aliphatic rings. The Kier molecular flexibility index (Phi) is 3.35. The number of nitrogens with zero attached hydrogens (tertiary/aromatic N) is 1. The fourth-order valence-electron chi connectivity index (χ4n) is 2.03. The number of carbonyl (C=O) groups is 1. The average Bonchev–Trinajstić information content (AvgIpc) is 2.96. The number of amides is 1. The largest absolute Gasteiger partial charge is 0.387 e. The van der Waals surface area contributed by atoms with Crippen LogP contribution in [0.4, 0.5) is 0 Å². The lowest BCUT2D eigenvalue weighted by molar-refractivity contribution is 0.0915. The number of aromatic amines is 1. The summed E-state index contributed by atoms with van der Waals surface area (Å²) in [6, 6.07) is 1.86. The van der Waals surface area contributed by atoms with Gasteiger partial charge in [0.15, 0.2) is 0 Å². The van der Waals surface area contributed by atoms with Crippen molar-refractivity contribution in [3.63, 3.8) is 0 Å². The number of carbonyl (C=O) groups excluding carboxylic acids is 1. The van der Waals surface area contributed by atoms with E-state index in [1.807, 2.05) is 16.8 Å². The summed E-state index contributed by atoms with van der Waals surface area (Å²) >= 11 is 1.53. The fourth-order valence-corrected chi connectivity index (χ4v) is 2.73. The molecule has 3 rings (SSSR count). The van der Waals surface area contributed by atoms with E-state index in [-0.39, 0.29) is 12.5 Å². The lowest BCUT2D eigenvalue weighted by Crippen LogP contribution is -2.28. The minimum atomic E-state index is -0.661. The van der Waals surface area contributed by atoms with Gasteiger partial charge in [-0.1, -0.05) is 0 Å². The summed E-state index contributed by atoms with van der Waals surface area (Å²) < 4.78 is 0. The Bertz CT molecular complexity index is 560. The van der Waals surface area contributed by atoms with Crippen LogP contribution in [0.25, 0.3) is 0 Å². The van der Waals surface area contributed by atoms with E-state index in [0.717, 1.165) is 24.1 Å². The fraction of sp³-hybridized carbons (Fsp3) is 0.385. The van der Waals surface area contributed by atoms with E-state index < -0.39 is 6.10 Å². The predicted octanol–water partition coefficient (Wildman–Crippen LogP) is 1.81. The van der Waals surface area contributed by atoms with Crippen LogP contribution in [-0.4, -0.2) is 27.8 Å². The van der Waals surface area contributed by atoms with E-state index in [1.54, 1.807) is 6.20 Å². The van der Waals surface area contributed by atoms with Gasteiger partial charge in [0.25, 0.3) is 5.91 Å². The number of nitrogens with one attached hydrogen (secondary N) is 2. The number of hydrogen-bond acceptors (Lipinski definition) is 4. The van der Waals surface area contributed by atoms with Crippen molar-refractivity contribution in [3.05, 3.63) is 39.8 Å². The van der Waals surface area contributed by atoms with Crippen LogP contribution in [-0.2, 0) is 0 Å². The van der Waals surface area contributed by atoms with Crippen LogP contribution >= 0.6 is 11.3 Å². The Morgan fingerprint density at radius 3 is 3.16 bits per heavy atom. The Morgan fingerprint density at radius 2 is 2.47 bits per heavy atom. The lowest BCUT2D eigenvalue weighted by Gasteiger charge is -2.10. The van der Waals surface area contributed by atoms with Crippen molar-refractivity contribution in [1.29, 1.82) is 0 Å². The molecule has 1 amide bonds. The summed E-state index contributed by atoms with van der Waals surface area (Å²) in [4.78, 5) is 12.1. The van der Waals surface area contributed by atoms with Gasteiger partial charge in [0.1, 0.15) is 0 Å². The molecular formula is C13H15N3O2S. The first-order chi connectivity index (χ1) is 9.25. The maximum atomic E-state index is 12.1. The van der Waals surface area contributed by atoms with Gasteiger partial charge in [-0.05, 0) is 35.2 Å². The lowest BCUT2D eigenvalue weighted by atomic mass is 10.1. The molecule has 19 heavy (non-hydrogen) atoms. The second-order valence-electron chi connectivity index (χ2n) is 4.75. The Morgan fingerprint density at radius 1 is 1.63 bits per heavy atom. The summed E-state index contributed by atoms with van der Waals surface area (Å²) in [6.07, 6.45) is 3.12. The molecule has 1 atom stereocenters. The summed E-state index contributed by atoms with van der Waals surface area (Å²) in [5.74, 6) is 0.273. The van der Waals surface area contributed by atoms with E-state index in [9.17, 15) is 9.90 Å². The molecule has 0 saturated heterocycles. The highest BCUT2D eigenvalue weighted by atomic mass is 32.1. The Balaban J connectivity index is 1.60. The van der Waals surface area contributed by atoms with Crippen molar-refractivity contribution < 1.29 is 9.90 Å². The molecule has 1 saturated carbocycles. The molecule has 5 nitrogen and oxygen atoms in total. The highest BCUT2D eigenvalue weighted by molar-refractivity contribution is 7.07. The minimum absolute atomic E-state index is 0.176. The second kappa shape index (κ2) is 5.14. The van der Waals surface area contributed by atoms with E-state index in [0.29, 0.717) is 11.5 Å². The Hall–Kier alpha value is -1.66. The minimum Gasteiger partial charge on any atom is -0.387 e. The average molecular weight is 277 g/mol. The quantitative estimate of drug-likeness (QED) is 0.780. The third-order valence-corrected chi connectivity index (χ3v) is 3.98. The number of H-pyrrole nitrogens is 1. The zero-order chi connectivity index (χ0) is 13.2. The van der Waals surface area contributed by atoms with Crippen LogP contribution in [0.5, 0.6) is 0 Å². The van der Waals surface area contributed by atoms with Crippen molar-refractivity contribution in [1.82, 2.24) is 15.5 Å². The van der Waals surface area contributed by atoms with Crippen LogP contribution in [0, 0.1) is 0 Å². The molecule has 0 spiro atoms. The van der Waals surface area contributed by atoms with Gasteiger partial charge < -0.3 is 10.4 Å². The molecule has 1 fully saturated rings. The van der Waals surface area contributed by atoms with Gasteiger partial charge in [0.05, 0.1) is 23.6 Å². The number of hydrogen-bond donors (Lipinski definition) is 3. The van der Waals surface area contributed by atoms with Gasteiger partial charge in [-0.3, -0.25) is 9.89 Å². The second-order valence-corrected chi connectivity index (χ2v) is 5.53. The number of aliphatic hydroxyl groups excluding tert-OH is 1. The zero-order valence-electron chi connectivity index (χ0n) is 10.3. The van der Waals surface area contributed by atoms with Gasteiger partial charge in [0, 0.05) is 12.5 Å². The van der Waals surface area contributed by atoms with Gasteiger partial charge in [-0.25, -0.2) is 0 Å². The topological polar surface area (TPSA) is 78.0 Å². The van der Waals surface area contributed by atoms with Crippen LogP contribution in [0.1, 0.15) is 46.5 Å². The molecule has 6 heteroatoms. The van der Waals surface area contributed by atoms with Crippen LogP contribution in [0.15, 0.2) is 23.0 Å². The van der Waals surface area contributed by atoms with E-state index in [1.165, 1.54) is 11.3 Å². The third-order valence-electron chi connectivity index (χ3n) is 3.28. The van der Waals surface area contributed by atoms with Gasteiger partial charge in [-0.2, -0.15) is 16.4 Å². The first kappa shape index (κ1) is 12.4. The van der Waals surface area contributed by atoms with E-state index >= 15 is 0 Å². The molecule has 3 N–H and O–H groups in total. The highest BCUT2D eigenvalue weighted by Gasteiger charge is 2.29. The molecular weight excluding hydrogens is 262 g/mol. The standard InChI is InChI=1S/C13H15N3O2S/c17-11(9-3-4-19-7-9)6-14-13(18)10-5-15-16-12(10)8-1-2-8/h3-5,7-8,11,17H,1-2,6H2,(H,14,18)(H,15,16). The van der Waals surface area contributed by atoms with Crippen molar-refractivity contribution in [2.75, 3.05) is 6.54 Å². The maximum Gasteiger partial charge on any atom is 0.254 e. The van der Waals surface area contributed by atoms with Crippen molar-refractivity contribution in [2.45, 2.75) is 24.9 Å². The summed E-state index contributed by atoms with van der Waals surface area (Å²) in [5.41, 5.74) is 2.35. The van der Waals surface area contributed by atoms with Crippen LogP contribution < -0.4 is 5.32 Å². The first-order valence-electron chi connectivity index (χ1n) is 6.27. The van der Waals surface area contributed by atoms with E-state index in [2.05, 4.69) is 15.5 Å². The SMILES string of the molecule is O=C(NCC(O)c1ccsc1)c1cn[nH]c1C1CC1. The van der Waals surface area contributed by atoms with E-state index in [4.69, 9.17) is 0 Å². The maximum absolute atomic E-state index is 12.1. The molecule has 100 valence electrons. The first-order valence-corrected chi connectivity index (χ1v) is 7.21. The molecule has 1 aliphatic carbocycles. The summed E-state index contributed by atoms with van der Waals surface area (Å²) in [5, 5.41) is 23.3. The molecule has 0 aliphatic heterocycles. The van der Waals surface area contributed by atoms with Crippen LogP contribution in [0.3, 0.4) is 0 Å². The summed E-state index contributed by atoms with van der Waals surface area (Å²) in [6.45, 7) is 0.213. The van der Waals surface area contributed by atoms with Crippen LogP contribution in [0.2, 0.25) is 0 Å². The van der Waals surface area contributed by atoms with Gasteiger partial charge >= 0.3 is 0 Å². The number of rotatable bonds is 5. The van der Waals surface area contributed by atoms with Crippen molar-refractivity contribution in [2.24, 2.45) is 0 Å². The van der Waals surface area contributed by atoms with Gasteiger partial charge in [0.2, 0.25) is 0 Å². The summed E-state index contributed by atoms with van der Waals surface area (Å²) in [7, 11) is 0. The molecule has 0 radical (unpaired) electrons. The number of aliphatic hydroxyl groups is 1.